The summed E-state index contributed by atoms with van der Waals surface area (Å²) in [5.41, 5.74) is 3.34. The number of hydrogen-bond acceptors (Lipinski definition) is 4. The molecule has 0 unspecified atom stereocenters. The first kappa shape index (κ1) is 19.4. The molecule has 0 aliphatic heterocycles. The predicted octanol–water partition coefficient (Wildman–Crippen LogP) is 4.50. The monoisotopic (exact) mass is 431 g/mol. The molecule has 3 rings (SSSR count). The molecule has 5 nitrogen and oxygen atoms in total. The van der Waals surface area contributed by atoms with Gasteiger partial charge in [-0.05, 0) is 90.5 Å². The summed E-state index contributed by atoms with van der Waals surface area (Å²) in [5.74, 6) is 0.219. The molecule has 1 heterocycles. The van der Waals surface area contributed by atoms with Crippen LogP contribution in [0.5, 0.6) is 5.75 Å². The fourth-order valence-electron chi connectivity index (χ4n) is 3.01. The van der Waals surface area contributed by atoms with Crippen LogP contribution in [-0.2, 0) is 6.54 Å². The maximum Gasteiger partial charge on any atom is 0.422 e. The molecule has 0 amide bonds. The fraction of sp³-hybridized carbons (Fsp3) is 0.333. The molecule has 0 N–H and O–H groups in total. The Morgan fingerprint density at radius 2 is 1.81 bits per heavy atom. The quantitative estimate of drug-likeness (QED) is 0.538. The van der Waals surface area contributed by atoms with Gasteiger partial charge in [0.25, 0.3) is 0 Å². The Kier molecular flexibility index (Phi) is 5.85. The second kappa shape index (κ2) is 8.13. The number of rotatable bonds is 6. The van der Waals surface area contributed by atoms with Gasteiger partial charge in [0.05, 0.1) is 17.5 Å². The first-order chi connectivity index (χ1) is 12.9. The standard InChI is InChI=1S/C21H22BrNO4/c1-13-10-17-19(18(22)11-13)23(21(25)27-20(17)24)8-4-5-9-26-16-7-6-14(2)15(3)12-16/h6-7,10-12H,4-5,8-9H2,1-3H3. The maximum absolute atomic E-state index is 12.2. The van der Waals surface area contributed by atoms with Gasteiger partial charge in [0.15, 0.2) is 0 Å². The number of fused-ring (bicyclic) bond motifs is 1. The lowest BCUT2D eigenvalue weighted by molar-refractivity contribution is 0.300. The number of hydrogen-bond donors (Lipinski definition) is 0. The first-order valence-corrected chi connectivity index (χ1v) is 9.70. The molecule has 1 aromatic heterocycles. The number of nitrogens with zero attached hydrogens (tertiary/aromatic N) is 1. The van der Waals surface area contributed by atoms with E-state index in [0.717, 1.165) is 24.2 Å². The Morgan fingerprint density at radius 1 is 1.04 bits per heavy atom. The molecule has 0 aliphatic rings. The van der Waals surface area contributed by atoms with Gasteiger partial charge in [-0.1, -0.05) is 6.07 Å². The van der Waals surface area contributed by atoms with Crippen molar-refractivity contribution in [1.82, 2.24) is 4.57 Å². The zero-order valence-corrected chi connectivity index (χ0v) is 17.3. The van der Waals surface area contributed by atoms with Crippen LogP contribution in [0.3, 0.4) is 0 Å². The molecule has 0 atom stereocenters. The SMILES string of the molecule is Cc1cc(Br)c2c(c1)c(=O)oc(=O)n2CCCCOc1ccc(C)c(C)c1. The van der Waals surface area contributed by atoms with E-state index in [0.29, 0.717) is 28.5 Å². The summed E-state index contributed by atoms with van der Waals surface area (Å²) in [5, 5.41) is 0.410. The minimum atomic E-state index is -0.632. The molecule has 3 aromatic rings. The first-order valence-electron chi connectivity index (χ1n) is 8.90. The zero-order valence-electron chi connectivity index (χ0n) is 15.7. The lowest BCUT2D eigenvalue weighted by Gasteiger charge is -2.11. The highest BCUT2D eigenvalue weighted by Gasteiger charge is 2.13. The molecule has 142 valence electrons. The largest absolute Gasteiger partial charge is 0.494 e. The van der Waals surface area contributed by atoms with Crippen molar-refractivity contribution in [3.63, 3.8) is 0 Å². The van der Waals surface area contributed by atoms with Gasteiger partial charge >= 0.3 is 11.4 Å². The fourth-order valence-corrected chi connectivity index (χ4v) is 3.80. The molecule has 6 heteroatoms. The van der Waals surface area contributed by atoms with Gasteiger partial charge < -0.3 is 9.15 Å². The van der Waals surface area contributed by atoms with Crippen LogP contribution < -0.4 is 16.1 Å². The average Bonchev–Trinajstić information content (AvgIpc) is 2.60. The Balaban J connectivity index is 1.69. The minimum absolute atomic E-state index is 0.410. The normalized spacial score (nSPS) is 11.1. The highest BCUT2D eigenvalue weighted by Crippen LogP contribution is 2.23. The predicted molar refractivity (Wildman–Crippen MR) is 110 cm³/mol. The lowest BCUT2D eigenvalue weighted by Crippen LogP contribution is -2.25. The number of ether oxygens (including phenoxy) is 1. The summed E-state index contributed by atoms with van der Waals surface area (Å²) >= 11 is 3.47. The molecular formula is C21H22BrNO4. The van der Waals surface area contributed by atoms with E-state index in [1.54, 1.807) is 6.07 Å². The molecule has 0 saturated heterocycles. The van der Waals surface area contributed by atoms with Gasteiger partial charge in [-0.25, -0.2) is 9.59 Å². The Morgan fingerprint density at radius 3 is 2.56 bits per heavy atom. The number of aryl methyl sites for hydroxylation is 4. The van der Waals surface area contributed by atoms with E-state index in [-0.39, 0.29) is 0 Å². The summed E-state index contributed by atoms with van der Waals surface area (Å²) in [6.45, 7) is 7.04. The van der Waals surface area contributed by atoms with E-state index >= 15 is 0 Å². The van der Waals surface area contributed by atoms with Crippen LogP contribution in [0.1, 0.15) is 29.5 Å². The van der Waals surface area contributed by atoms with Crippen molar-refractivity contribution >= 4 is 26.8 Å². The van der Waals surface area contributed by atoms with Crippen molar-refractivity contribution in [2.45, 2.75) is 40.2 Å². The topological polar surface area (TPSA) is 61.4 Å². The van der Waals surface area contributed by atoms with Crippen LogP contribution in [0.15, 0.2) is 48.8 Å². The zero-order chi connectivity index (χ0) is 19.6. The molecule has 0 spiro atoms. The van der Waals surface area contributed by atoms with Gasteiger partial charge in [0.2, 0.25) is 0 Å². The Labute approximate surface area is 165 Å². The van der Waals surface area contributed by atoms with Crippen LogP contribution >= 0.6 is 15.9 Å². The smallest absolute Gasteiger partial charge is 0.422 e. The molecule has 0 bridgehead atoms. The van der Waals surface area contributed by atoms with Crippen LogP contribution in [0, 0.1) is 20.8 Å². The second-order valence-electron chi connectivity index (χ2n) is 6.75. The van der Waals surface area contributed by atoms with Crippen molar-refractivity contribution in [2.75, 3.05) is 6.61 Å². The summed E-state index contributed by atoms with van der Waals surface area (Å²) in [6.07, 6.45) is 1.51. The van der Waals surface area contributed by atoms with Crippen molar-refractivity contribution in [3.05, 3.63) is 72.5 Å². The van der Waals surface area contributed by atoms with Crippen molar-refractivity contribution in [2.24, 2.45) is 0 Å². The molecular weight excluding hydrogens is 410 g/mol. The molecule has 2 aromatic carbocycles. The van der Waals surface area contributed by atoms with E-state index in [1.165, 1.54) is 15.7 Å². The second-order valence-corrected chi connectivity index (χ2v) is 7.61. The average molecular weight is 432 g/mol. The molecule has 0 saturated carbocycles. The van der Waals surface area contributed by atoms with Crippen LogP contribution in [0.25, 0.3) is 10.9 Å². The molecule has 0 aliphatic carbocycles. The third-order valence-corrected chi connectivity index (χ3v) is 5.23. The van der Waals surface area contributed by atoms with E-state index in [9.17, 15) is 9.59 Å². The van der Waals surface area contributed by atoms with Gasteiger partial charge in [0.1, 0.15) is 5.75 Å². The molecule has 0 radical (unpaired) electrons. The third kappa shape index (κ3) is 4.33. The van der Waals surface area contributed by atoms with Gasteiger partial charge in [-0.2, -0.15) is 0 Å². The number of unbranched alkanes of at least 4 members (excludes halogenated alkanes) is 1. The highest BCUT2D eigenvalue weighted by molar-refractivity contribution is 9.10. The summed E-state index contributed by atoms with van der Waals surface area (Å²) < 4.78 is 12.9. The van der Waals surface area contributed by atoms with E-state index < -0.39 is 11.4 Å². The molecule has 0 fully saturated rings. The summed E-state index contributed by atoms with van der Waals surface area (Å²) in [7, 11) is 0. The maximum atomic E-state index is 12.2. The summed E-state index contributed by atoms with van der Waals surface area (Å²) in [6, 6.07) is 9.66. The highest BCUT2D eigenvalue weighted by atomic mass is 79.9. The Hall–Kier alpha value is -2.34. The summed E-state index contributed by atoms with van der Waals surface area (Å²) in [4.78, 5) is 24.2. The third-order valence-electron chi connectivity index (χ3n) is 4.62. The van der Waals surface area contributed by atoms with Gasteiger partial charge in [-0.3, -0.25) is 4.57 Å². The molecule has 27 heavy (non-hydrogen) atoms. The van der Waals surface area contributed by atoms with Crippen molar-refractivity contribution < 1.29 is 9.15 Å². The lowest BCUT2D eigenvalue weighted by atomic mass is 10.1. The number of benzene rings is 2. The number of halogens is 1. The van der Waals surface area contributed by atoms with Crippen molar-refractivity contribution in [1.29, 1.82) is 0 Å². The van der Waals surface area contributed by atoms with E-state index in [1.807, 2.05) is 31.2 Å². The van der Waals surface area contributed by atoms with Crippen LogP contribution in [-0.4, -0.2) is 11.2 Å². The van der Waals surface area contributed by atoms with E-state index in [2.05, 4.69) is 29.8 Å². The van der Waals surface area contributed by atoms with E-state index in [4.69, 9.17) is 9.15 Å². The number of aromatic nitrogens is 1. The van der Waals surface area contributed by atoms with Crippen molar-refractivity contribution in [3.8, 4) is 5.75 Å². The van der Waals surface area contributed by atoms with Crippen LogP contribution in [0.2, 0.25) is 0 Å². The van der Waals surface area contributed by atoms with Crippen LogP contribution in [0.4, 0.5) is 0 Å². The van der Waals surface area contributed by atoms with Gasteiger partial charge in [0, 0.05) is 11.0 Å². The minimum Gasteiger partial charge on any atom is -0.494 e. The van der Waals surface area contributed by atoms with Gasteiger partial charge in [-0.15, -0.1) is 0 Å². The Bertz CT molecular complexity index is 1100.